The van der Waals surface area contributed by atoms with E-state index in [-0.39, 0.29) is 47.6 Å². The van der Waals surface area contributed by atoms with Crippen LogP contribution in [0.5, 0.6) is 0 Å². The number of nitrogens with zero attached hydrogens (tertiary/aromatic N) is 1. The predicted octanol–water partition coefficient (Wildman–Crippen LogP) is 4.32. The first-order valence-corrected chi connectivity index (χ1v) is 8.52. The van der Waals surface area contributed by atoms with E-state index in [0.29, 0.717) is 23.4 Å². The van der Waals surface area contributed by atoms with Gasteiger partial charge in [0, 0.05) is 12.0 Å². The lowest BCUT2D eigenvalue weighted by Gasteiger charge is -2.20. The molecule has 0 bridgehead atoms. The van der Waals surface area contributed by atoms with Crippen LogP contribution in [0.2, 0.25) is 0 Å². The summed E-state index contributed by atoms with van der Waals surface area (Å²) in [4.78, 5) is 17.4. The van der Waals surface area contributed by atoms with Crippen molar-refractivity contribution in [2.75, 3.05) is 11.9 Å². The number of hydrogen-bond donors (Lipinski definition) is 2. The minimum atomic E-state index is -0.320. The molecule has 0 unspecified atom stereocenters. The Morgan fingerprint density at radius 3 is 2.72 bits per heavy atom. The van der Waals surface area contributed by atoms with E-state index >= 15 is 0 Å². The van der Waals surface area contributed by atoms with Crippen molar-refractivity contribution in [2.24, 2.45) is 0 Å². The highest BCUT2D eigenvalue weighted by Crippen LogP contribution is 2.29. The fourth-order valence-electron chi connectivity index (χ4n) is 2.75. The Balaban J connectivity index is 0.00000156. The Morgan fingerprint density at radius 1 is 1.32 bits per heavy atom. The molecule has 2 N–H and O–H groups in total. The molecule has 0 saturated heterocycles. The van der Waals surface area contributed by atoms with Crippen LogP contribution in [0.3, 0.4) is 0 Å². The van der Waals surface area contributed by atoms with Gasteiger partial charge in [-0.05, 0) is 30.2 Å². The average molecular weight is 406 g/mol. The number of rotatable bonds is 2. The highest BCUT2D eigenvalue weighted by molar-refractivity contribution is 7.12. The number of anilines is 1. The number of halogens is 3. The maximum Gasteiger partial charge on any atom is 0.267 e. The van der Waals surface area contributed by atoms with Gasteiger partial charge < -0.3 is 10.6 Å². The number of hydrogen-bond acceptors (Lipinski definition) is 4. The van der Waals surface area contributed by atoms with Crippen molar-refractivity contribution in [2.45, 2.75) is 39.2 Å². The molecular formula is C17H22Cl2FN3OS. The van der Waals surface area contributed by atoms with E-state index in [1.54, 1.807) is 11.6 Å². The summed E-state index contributed by atoms with van der Waals surface area (Å²) < 4.78 is 14.6. The molecule has 2 heterocycles. The SMILES string of the molecule is CC(C)(C)c1ncsc1C(=O)Nc1ccc2c(c1F)CCNC2.Cl.Cl. The van der Waals surface area contributed by atoms with Gasteiger partial charge >= 0.3 is 0 Å². The van der Waals surface area contributed by atoms with Crippen molar-refractivity contribution >= 4 is 47.7 Å². The van der Waals surface area contributed by atoms with Crippen LogP contribution >= 0.6 is 36.2 Å². The minimum Gasteiger partial charge on any atom is -0.319 e. The fourth-order valence-corrected chi connectivity index (χ4v) is 3.64. The number of thiazole rings is 1. The molecular weight excluding hydrogens is 384 g/mol. The summed E-state index contributed by atoms with van der Waals surface area (Å²) in [5.41, 5.74) is 4.06. The maximum absolute atomic E-state index is 14.6. The topological polar surface area (TPSA) is 54.0 Å². The van der Waals surface area contributed by atoms with Crippen LogP contribution in [0.4, 0.5) is 10.1 Å². The summed E-state index contributed by atoms with van der Waals surface area (Å²) in [7, 11) is 0. The van der Waals surface area contributed by atoms with E-state index in [1.165, 1.54) is 11.3 Å². The van der Waals surface area contributed by atoms with E-state index in [2.05, 4.69) is 15.6 Å². The van der Waals surface area contributed by atoms with Crippen molar-refractivity contribution < 1.29 is 9.18 Å². The van der Waals surface area contributed by atoms with Gasteiger partial charge in [0.05, 0.1) is 16.9 Å². The standard InChI is InChI=1S/C17H20FN3OS.2ClH/c1-17(2,3)15-14(23-9-20-15)16(22)21-12-5-4-10-8-19-7-6-11(10)13(12)18;;/h4-5,9,19H,6-8H2,1-3H3,(H,21,22);2*1H. The molecule has 0 fully saturated rings. The molecule has 4 nitrogen and oxygen atoms in total. The zero-order valence-electron chi connectivity index (χ0n) is 14.3. The number of carbonyl (C=O) groups is 1. The molecule has 0 radical (unpaired) electrons. The number of nitrogens with one attached hydrogen (secondary N) is 2. The lowest BCUT2D eigenvalue weighted by Crippen LogP contribution is -2.25. The second kappa shape index (κ2) is 8.45. The highest BCUT2D eigenvalue weighted by Gasteiger charge is 2.26. The van der Waals surface area contributed by atoms with Gasteiger partial charge in [-0.1, -0.05) is 26.8 Å². The molecule has 1 aromatic heterocycles. The first-order valence-electron chi connectivity index (χ1n) is 7.64. The first kappa shape index (κ1) is 21.8. The van der Waals surface area contributed by atoms with Crippen LogP contribution in [0.15, 0.2) is 17.6 Å². The van der Waals surface area contributed by atoms with Crippen molar-refractivity contribution in [1.29, 1.82) is 0 Å². The average Bonchev–Trinajstić information content (AvgIpc) is 3.00. The number of amides is 1. The minimum absolute atomic E-state index is 0. The highest BCUT2D eigenvalue weighted by atomic mass is 35.5. The van der Waals surface area contributed by atoms with Gasteiger partial charge in [-0.3, -0.25) is 4.79 Å². The van der Waals surface area contributed by atoms with Crippen molar-refractivity contribution in [3.05, 3.63) is 45.2 Å². The van der Waals surface area contributed by atoms with Crippen LogP contribution in [0.25, 0.3) is 0 Å². The molecule has 0 spiro atoms. The summed E-state index contributed by atoms with van der Waals surface area (Å²) in [5.74, 6) is -0.621. The lowest BCUT2D eigenvalue weighted by molar-refractivity contribution is 0.102. The van der Waals surface area contributed by atoms with Crippen LogP contribution < -0.4 is 10.6 Å². The molecule has 1 aliphatic heterocycles. The number of carbonyl (C=O) groups excluding carboxylic acids is 1. The molecule has 0 atom stereocenters. The molecule has 1 amide bonds. The predicted molar refractivity (Wildman–Crippen MR) is 105 cm³/mol. The third-order valence-corrected chi connectivity index (χ3v) is 4.76. The van der Waals surface area contributed by atoms with E-state index in [0.717, 1.165) is 17.8 Å². The second-order valence-corrected chi connectivity index (χ2v) is 7.58. The van der Waals surface area contributed by atoms with Crippen LogP contribution in [-0.2, 0) is 18.4 Å². The van der Waals surface area contributed by atoms with Gasteiger partial charge in [-0.25, -0.2) is 9.37 Å². The van der Waals surface area contributed by atoms with Gasteiger partial charge in [0.1, 0.15) is 10.7 Å². The quantitative estimate of drug-likeness (QED) is 0.781. The van der Waals surface area contributed by atoms with Crippen molar-refractivity contribution in [1.82, 2.24) is 10.3 Å². The van der Waals surface area contributed by atoms with E-state index in [1.807, 2.05) is 26.8 Å². The number of benzene rings is 1. The third kappa shape index (κ3) is 4.50. The molecule has 3 rings (SSSR count). The first-order chi connectivity index (χ1) is 10.9. The fraction of sp³-hybridized carbons (Fsp3) is 0.412. The van der Waals surface area contributed by atoms with Gasteiger partial charge in [0.2, 0.25) is 0 Å². The number of fused-ring (bicyclic) bond motifs is 1. The second-order valence-electron chi connectivity index (χ2n) is 6.73. The molecule has 0 saturated carbocycles. The molecule has 8 heteroatoms. The Morgan fingerprint density at radius 2 is 2.04 bits per heavy atom. The normalized spacial score (nSPS) is 13.3. The van der Waals surface area contributed by atoms with Crippen LogP contribution in [-0.4, -0.2) is 17.4 Å². The van der Waals surface area contributed by atoms with Gasteiger partial charge in [0.15, 0.2) is 0 Å². The van der Waals surface area contributed by atoms with E-state index < -0.39 is 0 Å². The molecule has 138 valence electrons. The number of aromatic nitrogens is 1. The molecule has 25 heavy (non-hydrogen) atoms. The van der Waals surface area contributed by atoms with Crippen molar-refractivity contribution in [3.8, 4) is 0 Å². The van der Waals surface area contributed by atoms with Gasteiger partial charge in [0.25, 0.3) is 5.91 Å². The Labute approximate surface area is 163 Å². The smallest absolute Gasteiger partial charge is 0.267 e. The molecule has 1 aliphatic rings. The molecule has 1 aromatic carbocycles. The molecule has 2 aromatic rings. The monoisotopic (exact) mass is 405 g/mol. The van der Waals surface area contributed by atoms with Gasteiger partial charge in [-0.15, -0.1) is 36.2 Å². The summed E-state index contributed by atoms with van der Waals surface area (Å²) >= 11 is 1.28. The maximum atomic E-state index is 14.6. The largest absolute Gasteiger partial charge is 0.319 e. The summed E-state index contributed by atoms with van der Waals surface area (Å²) in [6.07, 6.45) is 0.638. The summed E-state index contributed by atoms with van der Waals surface area (Å²) in [6.45, 7) is 7.44. The van der Waals surface area contributed by atoms with E-state index in [4.69, 9.17) is 0 Å². The van der Waals surface area contributed by atoms with Gasteiger partial charge in [-0.2, -0.15) is 0 Å². The Bertz CT molecular complexity index is 759. The van der Waals surface area contributed by atoms with Crippen LogP contribution in [0.1, 0.15) is 47.3 Å². The Kier molecular flexibility index (Phi) is 7.38. The zero-order chi connectivity index (χ0) is 16.6. The lowest BCUT2D eigenvalue weighted by atomic mass is 9.91. The third-order valence-electron chi connectivity index (χ3n) is 3.94. The molecule has 0 aliphatic carbocycles. The van der Waals surface area contributed by atoms with E-state index in [9.17, 15) is 9.18 Å². The summed E-state index contributed by atoms with van der Waals surface area (Å²) in [5, 5.41) is 5.93. The van der Waals surface area contributed by atoms with Crippen molar-refractivity contribution in [3.63, 3.8) is 0 Å². The summed E-state index contributed by atoms with van der Waals surface area (Å²) in [6, 6.07) is 3.51. The van der Waals surface area contributed by atoms with Crippen LogP contribution in [0, 0.1) is 5.82 Å². The zero-order valence-corrected chi connectivity index (χ0v) is 16.8. The Hall–Kier alpha value is -1.21.